The van der Waals surface area contributed by atoms with Crippen molar-refractivity contribution in [3.05, 3.63) is 60.1 Å². The van der Waals surface area contributed by atoms with Crippen LogP contribution >= 0.6 is 9.24 Å². The van der Waals surface area contributed by atoms with Gasteiger partial charge in [-0.3, -0.25) is 4.79 Å². The van der Waals surface area contributed by atoms with Gasteiger partial charge in [-0.2, -0.15) is 0 Å². The molecule has 1 amide bonds. The zero-order valence-corrected chi connectivity index (χ0v) is 18.1. The molecule has 3 heterocycles. The zero-order chi connectivity index (χ0) is 22.9. The van der Waals surface area contributed by atoms with Crippen molar-refractivity contribution in [3.63, 3.8) is 0 Å². The minimum absolute atomic E-state index is 0.00820. The second-order valence-electron chi connectivity index (χ2n) is 7.30. The fourth-order valence-corrected chi connectivity index (χ4v) is 3.79. The molecule has 7 nitrogen and oxygen atoms in total. The minimum atomic E-state index is -1.52. The van der Waals surface area contributed by atoms with Crippen molar-refractivity contribution in [2.75, 3.05) is 30.4 Å². The molecule has 0 aliphatic carbocycles. The summed E-state index contributed by atoms with van der Waals surface area (Å²) in [6, 6.07) is 4.57. The first kappa shape index (κ1) is 22.0. The maximum atomic E-state index is 14.6. The Balaban J connectivity index is 1.79. The second-order valence-corrected chi connectivity index (χ2v) is 8.33. The van der Waals surface area contributed by atoms with Gasteiger partial charge in [-0.15, -0.1) is 0 Å². The number of carbonyl (C=O) groups excluding carboxylic acids is 1. The van der Waals surface area contributed by atoms with Gasteiger partial charge in [0.1, 0.15) is 17.0 Å². The summed E-state index contributed by atoms with van der Waals surface area (Å²) in [6.45, 7) is 0.338. The van der Waals surface area contributed by atoms with Gasteiger partial charge in [0.05, 0.1) is 24.9 Å². The van der Waals surface area contributed by atoms with E-state index < -0.39 is 23.0 Å². The Hall–Kier alpha value is -3.26. The molecule has 32 heavy (non-hydrogen) atoms. The predicted molar refractivity (Wildman–Crippen MR) is 117 cm³/mol. The van der Waals surface area contributed by atoms with E-state index in [1.165, 1.54) is 31.8 Å². The van der Waals surface area contributed by atoms with E-state index >= 15 is 0 Å². The highest BCUT2D eigenvalue weighted by molar-refractivity contribution is 7.18. The summed E-state index contributed by atoms with van der Waals surface area (Å²) in [7, 11) is 3.56. The van der Waals surface area contributed by atoms with E-state index in [1.807, 2.05) is 0 Å². The zero-order valence-electron chi connectivity index (χ0n) is 17.0. The topological polar surface area (TPSA) is 80.2 Å². The van der Waals surface area contributed by atoms with Crippen LogP contribution in [0.5, 0.6) is 6.01 Å². The van der Waals surface area contributed by atoms with Crippen LogP contribution < -0.4 is 15.0 Å². The normalized spacial score (nSPS) is 18.0. The average Bonchev–Trinajstić information content (AvgIpc) is 3.15. The molecule has 0 bridgehead atoms. The highest BCUT2D eigenvalue weighted by Gasteiger charge is 2.36. The maximum absolute atomic E-state index is 14.6. The molecule has 0 spiro atoms. The van der Waals surface area contributed by atoms with Crippen LogP contribution in [0.25, 0.3) is 11.1 Å². The number of alkyl halides is 1. The van der Waals surface area contributed by atoms with Crippen molar-refractivity contribution < 1.29 is 22.7 Å². The van der Waals surface area contributed by atoms with E-state index in [-0.39, 0.29) is 47.2 Å². The molecule has 4 rings (SSSR count). The number of pyridine rings is 1. The van der Waals surface area contributed by atoms with Crippen LogP contribution in [0.1, 0.15) is 16.8 Å². The molecule has 0 radical (unpaired) electrons. The van der Waals surface area contributed by atoms with Gasteiger partial charge in [-0.05, 0) is 24.3 Å². The van der Waals surface area contributed by atoms with Crippen molar-refractivity contribution >= 4 is 26.7 Å². The molecule has 1 aromatic carbocycles. The third-order valence-corrected chi connectivity index (χ3v) is 5.48. The van der Waals surface area contributed by atoms with Crippen LogP contribution in [0.2, 0.25) is 0 Å². The van der Waals surface area contributed by atoms with E-state index in [1.54, 1.807) is 4.90 Å². The molecule has 166 valence electrons. The van der Waals surface area contributed by atoms with E-state index in [0.717, 1.165) is 18.2 Å². The fraction of sp³-hybridized carbons (Fsp3) is 0.238. The van der Waals surface area contributed by atoms with Gasteiger partial charge < -0.3 is 15.0 Å². The molecule has 2 unspecified atom stereocenters. The second kappa shape index (κ2) is 8.70. The van der Waals surface area contributed by atoms with E-state index in [0.29, 0.717) is 6.54 Å². The number of rotatable bonds is 5. The molecule has 2 atom stereocenters. The molecular formula is C21H19F3N5O2P. The summed E-state index contributed by atoms with van der Waals surface area (Å²) in [5, 5.41) is 1.18. The maximum Gasteiger partial charge on any atom is 0.316 e. The monoisotopic (exact) mass is 461 g/mol. The Labute approximate surface area is 184 Å². The van der Waals surface area contributed by atoms with Gasteiger partial charge in [0.25, 0.3) is 5.91 Å². The van der Waals surface area contributed by atoms with Crippen molar-refractivity contribution in [2.24, 2.45) is 0 Å². The van der Waals surface area contributed by atoms with Crippen molar-refractivity contribution in [3.8, 4) is 17.1 Å². The summed E-state index contributed by atoms with van der Waals surface area (Å²) in [5.74, 6) is -1.68. The molecule has 3 aromatic rings. The lowest BCUT2D eigenvalue weighted by Crippen LogP contribution is -2.26. The number of carbonyl (C=O) groups is 1. The Morgan fingerprint density at radius 1 is 1.19 bits per heavy atom. The van der Waals surface area contributed by atoms with Crippen LogP contribution in [0.4, 0.5) is 24.7 Å². The molecule has 1 N–H and O–H groups in total. The molecule has 11 heteroatoms. The van der Waals surface area contributed by atoms with Crippen molar-refractivity contribution in [1.82, 2.24) is 15.0 Å². The lowest BCUT2D eigenvalue weighted by atomic mass is 10.0. The number of nitrogens with one attached hydrogen (secondary N) is 1. The number of hydrogen-bond acceptors (Lipinski definition) is 6. The average molecular weight is 461 g/mol. The third-order valence-electron chi connectivity index (χ3n) is 5.01. The van der Waals surface area contributed by atoms with Crippen LogP contribution in [0.15, 0.2) is 42.9 Å². The molecule has 1 fully saturated rings. The number of hydrogen-bond donors (Lipinski definition) is 1. The largest absolute Gasteiger partial charge is 0.467 e. The Morgan fingerprint density at radius 3 is 2.59 bits per heavy atom. The van der Waals surface area contributed by atoms with Crippen molar-refractivity contribution in [2.45, 2.75) is 11.8 Å². The predicted octanol–water partition coefficient (Wildman–Crippen LogP) is 3.83. The Morgan fingerprint density at radius 2 is 1.94 bits per heavy atom. The summed E-state index contributed by atoms with van der Waals surface area (Å²) >= 11 is 0. The minimum Gasteiger partial charge on any atom is -0.467 e. The standard InChI is InChI=1S/C21H19F3N5O2P/c1-31-20-26-9-12(10-27-20)19(30)28-17-14(15-8-13(22)2-3-16(15)23)4-6-25-18(17)29-7-5-21(24,32)11-29/h2-4,6,8-10H,5,7,11,32H2,1H3,(H,28,30). The van der Waals surface area contributed by atoms with E-state index in [9.17, 15) is 18.0 Å². The summed E-state index contributed by atoms with van der Waals surface area (Å²) in [4.78, 5) is 26.7. The van der Waals surface area contributed by atoms with Crippen LogP contribution in [0.3, 0.4) is 0 Å². The number of halogens is 3. The number of ether oxygens (including phenoxy) is 1. The first-order valence-corrected chi connectivity index (χ1v) is 10.2. The fourth-order valence-electron chi connectivity index (χ4n) is 3.44. The molecule has 1 aliphatic rings. The first-order chi connectivity index (χ1) is 15.3. The van der Waals surface area contributed by atoms with E-state index in [4.69, 9.17) is 4.74 Å². The number of aromatic nitrogens is 3. The van der Waals surface area contributed by atoms with E-state index in [2.05, 4.69) is 29.5 Å². The number of methoxy groups -OCH3 is 1. The highest BCUT2D eigenvalue weighted by atomic mass is 31.0. The number of amides is 1. The molecule has 1 saturated heterocycles. The smallest absolute Gasteiger partial charge is 0.316 e. The number of nitrogens with zero attached hydrogens (tertiary/aromatic N) is 4. The van der Waals surface area contributed by atoms with Gasteiger partial charge in [0.15, 0.2) is 5.82 Å². The quantitative estimate of drug-likeness (QED) is 0.582. The lowest BCUT2D eigenvalue weighted by molar-refractivity contribution is 0.102. The summed E-state index contributed by atoms with van der Waals surface area (Å²) in [5.41, 5.74) is 0.375. The lowest BCUT2D eigenvalue weighted by Gasteiger charge is -2.23. The highest BCUT2D eigenvalue weighted by Crippen LogP contribution is 2.41. The Bertz CT molecular complexity index is 1160. The summed E-state index contributed by atoms with van der Waals surface area (Å²) < 4.78 is 47.9. The van der Waals surface area contributed by atoms with Crippen LogP contribution in [0, 0.1) is 11.6 Å². The SMILES string of the molecule is COc1ncc(C(=O)Nc2c(-c3cc(F)ccc3F)ccnc2N2CCC(F)(P)C2)cn1. The molecular weight excluding hydrogens is 442 g/mol. The summed E-state index contributed by atoms with van der Waals surface area (Å²) in [6.07, 6.45) is 4.18. The van der Waals surface area contributed by atoms with Gasteiger partial charge in [0, 0.05) is 42.7 Å². The Kier molecular flexibility index (Phi) is 5.97. The molecule has 0 saturated carbocycles. The molecule has 1 aliphatic heterocycles. The number of benzene rings is 1. The molecule has 2 aromatic heterocycles. The van der Waals surface area contributed by atoms with Gasteiger partial charge in [-0.25, -0.2) is 28.1 Å². The van der Waals surface area contributed by atoms with Crippen LogP contribution in [-0.4, -0.2) is 46.5 Å². The first-order valence-electron chi connectivity index (χ1n) is 9.62. The number of anilines is 2. The van der Waals surface area contributed by atoms with Gasteiger partial charge in [-0.1, -0.05) is 9.24 Å². The third kappa shape index (κ3) is 4.50. The van der Waals surface area contributed by atoms with Crippen LogP contribution in [-0.2, 0) is 0 Å². The van der Waals surface area contributed by atoms with Gasteiger partial charge in [0.2, 0.25) is 0 Å². The van der Waals surface area contributed by atoms with Crippen molar-refractivity contribution in [1.29, 1.82) is 0 Å². The van der Waals surface area contributed by atoms with Gasteiger partial charge >= 0.3 is 6.01 Å².